The first-order chi connectivity index (χ1) is 9.19. The van der Waals surface area contributed by atoms with Crippen molar-refractivity contribution in [1.82, 2.24) is 20.4 Å². The van der Waals surface area contributed by atoms with E-state index in [1.165, 1.54) is 12.8 Å². The Balaban J connectivity index is 1.91. The molecular weight excluding hydrogens is 240 g/mol. The molecule has 1 aliphatic rings. The molecule has 0 bridgehead atoms. The zero-order valence-corrected chi connectivity index (χ0v) is 12.4. The van der Waals surface area contributed by atoms with Crippen LogP contribution in [0.1, 0.15) is 45.3 Å². The van der Waals surface area contributed by atoms with Crippen LogP contribution in [0.3, 0.4) is 0 Å². The lowest BCUT2D eigenvalue weighted by molar-refractivity contribution is 0.160. The lowest BCUT2D eigenvalue weighted by Crippen LogP contribution is -2.45. The molecule has 1 aliphatic heterocycles. The van der Waals surface area contributed by atoms with E-state index >= 15 is 0 Å². The summed E-state index contributed by atoms with van der Waals surface area (Å²) in [5.74, 6) is 2.14. The monoisotopic (exact) mass is 266 g/mol. The molecule has 1 N–H and O–H groups in total. The first kappa shape index (κ1) is 14.5. The predicted molar refractivity (Wildman–Crippen MR) is 74.8 cm³/mol. The van der Waals surface area contributed by atoms with Crippen LogP contribution in [0.2, 0.25) is 0 Å². The lowest BCUT2D eigenvalue weighted by Gasteiger charge is -2.32. The van der Waals surface area contributed by atoms with Crippen molar-refractivity contribution in [2.75, 3.05) is 19.6 Å². The third kappa shape index (κ3) is 4.28. The number of hydrogen-bond donors (Lipinski definition) is 1. The fourth-order valence-corrected chi connectivity index (χ4v) is 2.61. The van der Waals surface area contributed by atoms with Gasteiger partial charge in [-0.25, -0.2) is 0 Å². The summed E-state index contributed by atoms with van der Waals surface area (Å²) in [6, 6.07) is 0.603. The summed E-state index contributed by atoms with van der Waals surface area (Å²) in [5, 5.41) is 7.56. The minimum absolute atomic E-state index is 0.554. The van der Waals surface area contributed by atoms with E-state index < -0.39 is 0 Å². The Morgan fingerprint density at radius 2 is 2.32 bits per heavy atom. The standard InChI is InChI=1S/C14H26N4O/c1-4-18(12-6-5-7-15-9-12)10-13-16-14(19-17-13)8-11(2)3/h11-12,15H,4-10H2,1-3H3. The molecule has 1 saturated heterocycles. The molecule has 1 unspecified atom stereocenters. The molecule has 2 rings (SSSR count). The molecule has 1 fully saturated rings. The SMILES string of the molecule is CCN(Cc1noc(CC(C)C)n1)C1CCCNC1. The Morgan fingerprint density at radius 3 is 2.95 bits per heavy atom. The van der Waals surface area contributed by atoms with Crippen molar-refractivity contribution in [3.05, 3.63) is 11.7 Å². The number of aromatic nitrogens is 2. The van der Waals surface area contributed by atoms with E-state index in [1.54, 1.807) is 0 Å². The molecule has 1 aromatic rings. The molecule has 1 aromatic heterocycles. The second-order valence-electron chi connectivity index (χ2n) is 5.77. The predicted octanol–water partition coefficient (Wildman–Crippen LogP) is 1.84. The van der Waals surface area contributed by atoms with E-state index in [-0.39, 0.29) is 0 Å². The number of likely N-dealkylation sites (N-methyl/N-ethyl adjacent to an activating group) is 1. The smallest absolute Gasteiger partial charge is 0.226 e. The van der Waals surface area contributed by atoms with Crippen LogP contribution in [-0.4, -0.2) is 40.7 Å². The maximum atomic E-state index is 5.30. The van der Waals surface area contributed by atoms with Crippen LogP contribution in [0.15, 0.2) is 4.52 Å². The zero-order valence-electron chi connectivity index (χ0n) is 12.4. The molecule has 108 valence electrons. The Bertz CT molecular complexity index is 371. The number of nitrogens with one attached hydrogen (secondary N) is 1. The van der Waals surface area contributed by atoms with Gasteiger partial charge in [-0.1, -0.05) is 25.9 Å². The van der Waals surface area contributed by atoms with Gasteiger partial charge in [-0.15, -0.1) is 0 Å². The Labute approximate surface area is 115 Å². The molecule has 19 heavy (non-hydrogen) atoms. The number of nitrogens with zero attached hydrogens (tertiary/aromatic N) is 3. The molecule has 5 nitrogen and oxygen atoms in total. The molecule has 0 aliphatic carbocycles. The summed E-state index contributed by atoms with van der Waals surface area (Å²) >= 11 is 0. The van der Waals surface area contributed by atoms with Crippen LogP contribution in [0.4, 0.5) is 0 Å². The maximum absolute atomic E-state index is 5.30. The van der Waals surface area contributed by atoms with Crippen LogP contribution >= 0.6 is 0 Å². The van der Waals surface area contributed by atoms with E-state index in [1.807, 2.05) is 0 Å². The summed E-state index contributed by atoms with van der Waals surface area (Å²) in [6.45, 7) is 10.6. The highest BCUT2D eigenvalue weighted by atomic mass is 16.5. The highest BCUT2D eigenvalue weighted by Gasteiger charge is 2.21. The first-order valence-electron chi connectivity index (χ1n) is 7.45. The van der Waals surface area contributed by atoms with Crippen molar-refractivity contribution in [2.24, 2.45) is 5.92 Å². The van der Waals surface area contributed by atoms with Crippen LogP contribution in [0, 0.1) is 5.92 Å². The largest absolute Gasteiger partial charge is 0.339 e. The molecule has 0 radical (unpaired) electrons. The normalized spacial score (nSPS) is 20.4. The third-order valence-electron chi connectivity index (χ3n) is 3.63. The highest BCUT2D eigenvalue weighted by Crippen LogP contribution is 2.13. The van der Waals surface area contributed by atoms with Gasteiger partial charge in [0, 0.05) is 19.0 Å². The van der Waals surface area contributed by atoms with Crippen molar-refractivity contribution >= 4 is 0 Å². The average Bonchev–Trinajstić information content (AvgIpc) is 2.83. The van der Waals surface area contributed by atoms with Crippen LogP contribution in [0.25, 0.3) is 0 Å². The molecule has 0 aromatic carbocycles. The van der Waals surface area contributed by atoms with E-state index in [9.17, 15) is 0 Å². The van der Waals surface area contributed by atoms with E-state index in [4.69, 9.17) is 4.52 Å². The van der Waals surface area contributed by atoms with E-state index in [0.29, 0.717) is 12.0 Å². The average molecular weight is 266 g/mol. The third-order valence-corrected chi connectivity index (χ3v) is 3.63. The van der Waals surface area contributed by atoms with Gasteiger partial charge in [-0.2, -0.15) is 4.98 Å². The quantitative estimate of drug-likeness (QED) is 0.851. The van der Waals surface area contributed by atoms with Crippen molar-refractivity contribution < 1.29 is 4.52 Å². The van der Waals surface area contributed by atoms with Gasteiger partial charge >= 0.3 is 0 Å². The first-order valence-corrected chi connectivity index (χ1v) is 7.45. The molecule has 0 amide bonds. The topological polar surface area (TPSA) is 54.2 Å². The minimum Gasteiger partial charge on any atom is -0.339 e. The van der Waals surface area contributed by atoms with Crippen molar-refractivity contribution in [3.8, 4) is 0 Å². The van der Waals surface area contributed by atoms with Gasteiger partial charge < -0.3 is 9.84 Å². The molecule has 2 heterocycles. The second kappa shape index (κ2) is 7.01. The van der Waals surface area contributed by atoms with Crippen LogP contribution < -0.4 is 5.32 Å². The summed E-state index contributed by atoms with van der Waals surface area (Å²) in [5.41, 5.74) is 0. The van der Waals surface area contributed by atoms with Gasteiger partial charge in [-0.05, 0) is 31.8 Å². The van der Waals surface area contributed by atoms with Gasteiger partial charge in [0.25, 0.3) is 0 Å². The molecule has 0 saturated carbocycles. The summed E-state index contributed by atoms with van der Waals surface area (Å²) < 4.78 is 5.30. The van der Waals surface area contributed by atoms with Gasteiger partial charge in [0.15, 0.2) is 5.82 Å². The number of piperidine rings is 1. The number of rotatable bonds is 6. The molecule has 1 atom stereocenters. The molecule has 5 heteroatoms. The van der Waals surface area contributed by atoms with Crippen molar-refractivity contribution in [3.63, 3.8) is 0 Å². The maximum Gasteiger partial charge on any atom is 0.226 e. The van der Waals surface area contributed by atoms with Gasteiger partial charge in [0.05, 0.1) is 6.54 Å². The van der Waals surface area contributed by atoms with Gasteiger partial charge in [0.1, 0.15) is 0 Å². The minimum atomic E-state index is 0.554. The van der Waals surface area contributed by atoms with E-state index in [2.05, 4.69) is 41.1 Å². The summed E-state index contributed by atoms with van der Waals surface area (Å²) in [6.07, 6.45) is 3.38. The Kier molecular flexibility index (Phi) is 5.34. The Hall–Kier alpha value is -0.940. The zero-order chi connectivity index (χ0) is 13.7. The van der Waals surface area contributed by atoms with Gasteiger partial charge in [0.2, 0.25) is 5.89 Å². The molecular formula is C14H26N4O. The lowest BCUT2D eigenvalue weighted by atomic mass is 10.1. The van der Waals surface area contributed by atoms with Crippen LogP contribution in [0.5, 0.6) is 0 Å². The van der Waals surface area contributed by atoms with E-state index in [0.717, 1.165) is 44.3 Å². The molecule has 0 spiro atoms. The summed E-state index contributed by atoms with van der Waals surface area (Å²) in [7, 11) is 0. The Morgan fingerprint density at radius 1 is 1.47 bits per heavy atom. The van der Waals surface area contributed by atoms with Crippen molar-refractivity contribution in [2.45, 2.75) is 52.6 Å². The fraction of sp³-hybridized carbons (Fsp3) is 0.857. The summed E-state index contributed by atoms with van der Waals surface area (Å²) in [4.78, 5) is 6.93. The van der Waals surface area contributed by atoms with Crippen molar-refractivity contribution in [1.29, 1.82) is 0 Å². The number of hydrogen-bond acceptors (Lipinski definition) is 5. The second-order valence-corrected chi connectivity index (χ2v) is 5.77. The van der Waals surface area contributed by atoms with Crippen LogP contribution in [-0.2, 0) is 13.0 Å². The van der Waals surface area contributed by atoms with Gasteiger partial charge in [-0.3, -0.25) is 4.90 Å². The fourth-order valence-electron chi connectivity index (χ4n) is 2.61. The highest BCUT2D eigenvalue weighted by molar-refractivity contribution is 4.89.